The first-order chi connectivity index (χ1) is 12.5. The molecule has 1 saturated heterocycles. The van der Waals surface area contributed by atoms with Crippen molar-refractivity contribution in [3.05, 3.63) is 24.2 Å². The average molecular weight is 396 g/mol. The van der Waals surface area contributed by atoms with Gasteiger partial charge in [0.05, 0.1) is 12.0 Å². The maximum Gasteiger partial charge on any atom is 0.289 e. The van der Waals surface area contributed by atoms with Crippen molar-refractivity contribution < 1.29 is 14.0 Å². The van der Waals surface area contributed by atoms with Crippen LogP contribution >= 0.6 is 23.1 Å². The van der Waals surface area contributed by atoms with Gasteiger partial charge < -0.3 is 19.5 Å². The molecule has 0 bridgehead atoms. The molecule has 26 heavy (non-hydrogen) atoms. The molecule has 0 saturated carbocycles. The summed E-state index contributed by atoms with van der Waals surface area (Å²) in [6, 6.07) is 3.53. The Morgan fingerprint density at radius 1 is 1.31 bits per heavy atom. The van der Waals surface area contributed by atoms with Gasteiger partial charge in [0.15, 0.2) is 10.1 Å². The Morgan fingerprint density at radius 3 is 2.73 bits per heavy atom. The number of thioether (sulfide) groups is 1. The predicted molar refractivity (Wildman–Crippen MR) is 101 cm³/mol. The first-order valence-electron chi connectivity index (χ1n) is 8.36. The van der Waals surface area contributed by atoms with Gasteiger partial charge in [0, 0.05) is 32.2 Å². The average Bonchev–Trinajstić information content (AvgIpc) is 3.31. The van der Waals surface area contributed by atoms with Crippen molar-refractivity contribution in [2.45, 2.75) is 24.2 Å². The predicted octanol–water partition coefficient (Wildman–Crippen LogP) is 1.71. The molecule has 0 aliphatic carbocycles. The van der Waals surface area contributed by atoms with E-state index < -0.39 is 0 Å². The summed E-state index contributed by atoms with van der Waals surface area (Å²) in [7, 11) is 0. The summed E-state index contributed by atoms with van der Waals surface area (Å²) >= 11 is 2.86. The number of nitrogens with one attached hydrogen (secondary N) is 1. The SMILES string of the molecule is CC(C)NC(=O)CSc1nnc(N2CCN(C(=O)c3ccco3)CC2)s1. The standard InChI is InChI=1S/C16H21N5O3S2/c1-11(2)17-13(22)10-25-16-19-18-15(26-16)21-7-5-20(6-8-21)14(23)12-4-3-9-24-12/h3-4,9,11H,5-8,10H2,1-2H3,(H,17,22). The summed E-state index contributed by atoms with van der Waals surface area (Å²) in [6.07, 6.45) is 1.51. The van der Waals surface area contributed by atoms with Crippen molar-refractivity contribution in [1.82, 2.24) is 20.4 Å². The molecule has 1 aliphatic rings. The number of aromatic nitrogens is 2. The van der Waals surface area contributed by atoms with Gasteiger partial charge in [-0.3, -0.25) is 9.59 Å². The van der Waals surface area contributed by atoms with Gasteiger partial charge in [-0.05, 0) is 26.0 Å². The van der Waals surface area contributed by atoms with Crippen LogP contribution in [-0.4, -0.2) is 64.9 Å². The van der Waals surface area contributed by atoms with E-state index in [1.54, 1.807) is 17.0 Å². The first-order valence-corrected chi connectivity index (χ1v) is 10.2. The molecule has 10 heteroatoms. The fourth-order valence-electron chi connectivity index (χ4n) is 2.54. The van der Waals surface area contributed by atoms with E-state index in [1.165, 1.54) is 29.4 Å². The van der Waals surface area contributed by atoms with Crippen molar-refractivity contribution in [2.75, 3.05) is 36.8 Å². The van der Waals surface area contributed by atoms with Crippen LogP contribution in [0.25, 0.3) is 0 Å². The lowest BCUT2D eigenvalue weighted by molar-refractivity contribution is -0.119. The van der Waals surface area contributed by atoms with Crippen LogP contribution in [0.5, 0.6) is 0 Å². The van der Waals surface area contributed by atoms with Crippen LogP contribution in [0.2, 0.25) is 0 Å². The van der Waals surface area contributed by atoms with Crippen molar-refractivity contribution in [3.8, 4) is 0 Å². The fourth-order valence-corrected chi connectivity index (χ4v) is 4.24. The van der Waals surface area contributed by atoms with Gasteiger partial charge in [0.25, 0.3) is 5.91 Å². The summed E-state index contributed by atoms with van der Waals surface area (Å²) in [6.45, 7) is 6.47. The lowest BCUT2D eigenvalue weighted by atomic mass is 10.3. The number of nitrogens with zero attached hydrogens (tertiary/aromatic N) is 4. The molecule has 2 aromatic heterocycles. The Labute approximate surface area is 159 Å². The minimum atomic E-state index is -0.0840. The normalized spacial score (nSPS) is 14.7. The van der Waals surface area contributed by atoms with Crippen LogP contribution < -0.4 is 10.2 Å². The molecule has 2 aromatic rings. The van der Waals surface area contributed by atoms with Crippen molar-refractivity contribution in [1.29, 1.82) is 0 Å². The zero-order valence-electron chi connectivity index (χ0n) is 14.7. The summed E-state index contributed by atoms with van der Waals surface area (Å²) in [5.74, 6) is 0.608. The molecule has 0 atom stereocenters. The molecule has 1 N–H and O–H groups in total. The molecule has 0 spiro atoms. The molecule has 1 fully saturated rings. The highest BCUT2D eigenvalue weighted by Gasteiger charge is 2.25. The minimum Gasteiger partial charge on any atom is -0.459 e. The first kappa shape index (κ1) is 18.7. The lowest BCUT2D eigenvalue weighted by Gasteiger charge is -2.33. The summed E-state index contributed by atoms with van der Waals surface area (Å²) < 4.78 is 5.94. The van der Waals surface area contributed by atoms with Crippen LogP contribution in [0.4, 0.5) is 5.13 Å². The van der Waals surface area contributed by atoms with Crippen molar-refractivity contribution in [2.24, 2.45) is 0 Å². The second-order valence-corrected chi connectivity index (χ2v) is 8.30. The number of amides is 2. The molecule has 0 radical (unpaired) electrons. The largest absolute Gasteiger partial charge is 0.459 e. The highest BCUT2D eigenvalue weighted by Crippen LogP contribution is 2.28. The van der Waals surface area contributed by atoms with E-state index in [0.717, 1.165) is 9.47 Å². The molecule has 8 nitrogen and oxygen atoms in total. The molecule has 140 valence electrons. The van der Waals surface area contributed by atoms with Crippen LogP contribution in [0.15, 0.2) is 27.2 Å². The third-order valence-electron chi connectivity index (χ3n) is 3.74. The fraction of sp³-hybridized carbons (Fsp3) is 0.500. The Bertz CT molecular complexity index is 739. The monoisotopic (exact) mass is 395 g/mol. The topological polar surface area (TPSA) is 91.6 Å². The van der Waals surface area contributed by atoms with E-state index in [9.17, 15) is 9.59 Å². The Kier molecular flexibility index (Phi) is 6.15. The van der Waals surface area contributed by atoms with E-state index in [2.05, 4.69) is 20.4 Å². The van der Waals surface area contributed by atoms with E-state index in [-0.39, 0.29) is 17.9 Å². The molecule has 3 rings (SSSR count). The summed E-state index contributed by atoms with van der Waals surface area (Å²) in [5, 5.41) is 12.0. The molecule has 1 aliphatic heterocycles. The maximum atomic E-state index is 12.3. The molecule has 0 aromatic carbocycles. The smallest absolute Gasteiger partial charge is 0.289 e. The molecular weight excluding hydrogens is 374 g/mol. The van der Waals surface area contributed by atoms with Crippen LogP contribution in [-0.2, 0) is 4.79 Å². The Morgan fingerprint density at radius 2 is 2.08 bits per heavy atom. The number of furan rings is 1. The lowest BCUT2D eigenvalue weighted by Crippen LogP contribution is -2.48. The third kappa shape index (κ3) is 4.76. The van der Waals surface area contributed by atoms with Crippen molar-refractivity contribution >= 4 is 40.0 Å². The zero-order chi connectivity index (χ0) is 18.5. The highest BCUT2D eigenvalue weighted by molar-refractivity contribution is 8.01. The number of rotatable bonds is 6. The van der Waals surface area contributed by atoms with Crippen molar-refractivity contribution in [3.63, 3.8) is 0 Å². The van der Waals surface area contributed by atoms with Crippen LogP contribution in [0, 0.1) is 0 Å². The molecule has 2 amide bonds. The molecular formula is C16H21N5O3S2. The van der Waals surface area contributed by atoms with Crippen LogP contribution in [0.1, 0.15) is 24.4 Å². The van der Waals surface area contributed by atoms with Gasteiger partial charge >= 0.3 is 0 Å². The third-order valence-corrected chi connectivity index (χ3v) is 5.86. The number of carbonyl (C=O) groups excluding carboxylic acids is 2. The Balaban J connectivity index is 1.48. The molecule has 3 heterocycles. The number of anilines is 1. The minimum absolute atomic E-state index is 0.00759. The number of hydrogen-bond acceptors (Lipinski definition) is 8. The van der Waals surface area contributed by atoms with Gasteiger partial charge in [0.1, 0.15) is 0 Å². The Hall–Kier alpha value is -2.07. The van der Waals surface area contributed by atoms with E-state index in [1.807, 2.05) is 13.8 Å². The van der Waals surface area contributed by atoms with Gasteiger partial charge in [-0.25, -0.2) is 0 Å². The van der Waals surface area contributed by atoms with Gasteiger partial charge in [-0.2, -0.15) is 0 Å². The number of hydrogen-bond donors (Lipinski definition) is 1. The summed E-state index contributed by atoms with van der Waals surface area (Å²) in [5.41, 5.74) is 0. The zero-order valence-corrected chi connectivity index (χ0v) is 16.3. The highest BCUT2D eigenvalue weighted by atomic mass is 32.2. The van der Waals surface area contributed by atoms with E-state index in [4.69, 9.17) is 4.42 Å². The second-order valence-electron chi connectivity index (χ2n) is 6.12. The van der Waals surface area contributed by atoms with Gasteiger partial charge in [-0.1, -0.05) is 23.1 Å². The van der Waals surface area contributed by atoms with Crippen LogP contribution in [0.3, 0.4) is 0 Å². The second kappa shape index (κ2) is 8.54. The maximum absolute atomic E-state index is 12.3. The van der Waals surface area contributed by atoms with E-state index in [0.29, 0.717) is 37.7 Å². The van der Waals surface area contributed by atoms with E-state index >= 15 is 0 Å². The summed E-state index contributed by atoms with van der Waals surface area (Å²) in [4.78, 5) is 27.9. The quantitative estimate of drug-likeness (QED) is 0.745. The van der Waals surface area contributed by atoms with Gasteiger partial charge in [0.2, 0.25) is 11.0 Å². The number of carbonyl (C=O) groups is 2. The molecule has 0 unspecified atom stereocenters. The van der Waals surface area contributed by atoms with Gasteiger partial charge in [-0.15, -0.1) is 10.2 Å². The number of piperazine rings is 1.